The fraction of sp³-hybridized carbons (Fsp3) is 0.263. The Morgan fingerprint density at radius 1 is 1.14 bits per heavy atom. The highest BCUT2D eigenvalue weighted by Gasteiger charge is 2.17. The van der Waals surface area contributed by atoms with Crippen molar-refractivity contribution in [1.82, 2.24) is 10.3 Å². The minimum atomic E-state index is -3.97. The average molecular weight is 403 g/mol. The van der Waals surface area contributed by atoms with Crippen LogP contribution in [0.1, 0.15) is 35.7 Å². The number of nitriles is 1. The van der Waals surface area contributed by atoms with Crippen molar-refractivity contribution in [1.29, 1.82) is 5.26 Å². The van der Waals surface area contributed by atoms with E-state index in [0.717, 1.165) is 12.8 Å². The van der Waals surface area contributed by atoms with E-state index in [2.05, 4.69) is 5.43 Å². The summed E-state index contributed by atoms with van der Waals surface area (Å²) in [6.45, 7) is 2.58. The molecule has 0 aliphatic heterocycles. The van der Waals surface area contributed by atoms with Crippen LogP contribution in [0.15, 0.2) is 47.4 Å². The van der Waals surface area contributed by atoms with Gasteiger partial charge in [0.1, 0.15) is 0 Å². The van der Waals surface area contributed by atoms with Gasteiger partial charge in [0.15, 0.2) is 11.5 Å². The number of amides is 1. The molecule has 0 atom stereocenters. The molecule has 0 saturated carbocycles. The van der Waals surface area contributed by atoms with Crippen molar-refractivity contribution in [3.63, 3.8) is 0 Å². The monoisotopic (exact) mass is 403 g/mol. The van der Waals surface area contributed by atoms with Crippen LogP contribution in [0.4, 0.5) is 0 Å². The van der Waals surface area contributed by atoms with Crippen molar-refractivity contribution >= 4 is 15.9 Å². The maximum Gasteiger partial charge on any atom is 0.266 e. The Balaban J connectivity index is 2.06. The number of hydrogen-bond donors (Lipinski definition) is 2. The molecule has 2 aromatic carbocycles. The Kier molecular flexibility index (Phi) is 7.37. The maximum atomic E-state index is 12.3. The van der Waals surface area contributed by atoms with Crippen LogP contribution in [-0.4, -0.2) is 28.0 Å². The average Bonchev–Trinajstić information content (AvgIpc) is 2.72. The molecule has 28 heavy (non-hydrogen) atoms. The molecule has 2 aromatic rings. The molecule has 0 radical (unpaired) electrons. The number of ether oxygens (including phenoxy) is 2. The fourth-order valence-corrected chi connectivity index (χ4v) is 3.05. The number of carbonyl (C=O) groups is 1. The first-order chi connectivity index (χ1) is 13.4. The number of sulfonamides is 1. The number of hydrogen-bond acceptors (Lipinski definition) is 6. The molecule has 0 aliphatic rings. The number of benzene rings is 2. The Morgan fingerprint density at radius 3 is 2.46 bits per heavy atom. The van der Waals surface area contributed by atoms with Gasteiger partial charge >= 0.3 is 0 Å². The molecule has 2 rings (SSSR count). The molecule has 148 valence electrons. The molecule has 9 heteroatoms. The molecule has 0 fully saturated rings. The lowest BCUT2D eigenvalue weighted by Crippen LogP contribution is -2.41. The number of hydrazine groups is 1. The second kappa shape index (κ2) is 9.73. The zero-order valence-corrected chi connectivity index (χ0v) is 16.4. The van der Waals surface area contributed by atoms with E-state index in [0.29, 0.717) is 23.7 Å². The summed E-state index contributed by atoms with van der Waals surface area (Å²) in [5, 5.41) is 8.76. The molecule has 0 aliphatic carbocycles. The Labute approximate surface area is 164 Å². The molecule has 0 unspecified atom stereocenters. The minimum absolute atomic E-state index is 0.0796. The second-order valence-electron chi connectivity index (χ2n) is 5.76. The maximum absolute atomic E-state index is 12.3. The summed E-state index contributed by atoms with van der Waals surface area (Å²) in [6.07, 6.45) is 1.88. The number of nitrogens with zero attached hydrogens (tertiary/aromatic N) is 1. The first-order valence-corrected chi connectivity index (χ1v) is 10.0. The summed E-state index contributed by atoms with van der Waals surface area (Å²) in [5.41, 5.74) is 2.68. The smallest absolute Gasteiger partial charge is 0.266 e. The van der Waals surface area contributed by atoms with Gasteiger partial charge in [0.25, 0.3) is 15.9 Å². The number of nitrogens with one attached hydrogen (secondary N) is 2. The summed E-state index contributed by atoms with van der Waals surface area (Å²) >= 11 is 0. The number of unbranched alkanes of at least 4 members (excludes halogenated alkanes) is 1. The second-order valence-corrected chi connectivity index (χ2v) is 7.45. The van der Waals surface area contributed by atoms with Crippen molar-refractivity contribution < 1.29 is 22.7 Å². The highest BCUT2D eigenvalue weighted by molar-refractivity contribution is 7.89. The molecule has 1 amide bonds. The quantitative estimate of drug-likeness (QED) is 0.490. The van der Waals surface area contributed by atoms with Gasteiger partial charge in [0, 0.05) is 5.56 Å². The third-order valence-electron chi connectivity index (χ3n) is 3.77. The predicted octanol–water partition coefficient (Wildman–Crippen LogP) is 2.37. The zero-order valence-electron chi connectivity index (χ0n) is 15.6. The molecule has 2 N–H and O–H groups in total. The van der Waals surface area contributed by atoms with Gasteiger partial charge in [-0.25, -0.2) is 8.42 Å². The molecular weight excluding hydrogens is 382 g/mol. The van der Waals surface area contributed by atoms with E-state index in [1.54, 1.807) is 6.07 Å². The summed E-state index contributed by atoms with van der Waals surface area (Å²) in [7, 11) is -2.52. The largest absolute Gasteiger partial charge is 0.493 e. The minimum Gasteiger partial charge on any atom is -0.493 e. The summed E-state index contributed by atoms with van der Waals surface area (Å²) < 4.78 is 35.3. The van der Waals surface area contributed by atoms with Gasteiger partial charge in [0.2, 0.25) is 0 Å². The lowest BCUT2D eigenvalue weighted by Gasteiger charge is -2.12. The molecule has 0 aromatic heterocycles. The van der Waals surface area contributed by atoms with E-state index in [-0.39, 0.29) is 10.5 Å². The van der Waals surface area contributed by atoms with Crippen molar-refractivity contribution in [3.8, 4) is 17.6 Å². The van der Waals surface area contributed by atoms with Gasteiger partial charge in [-0.1, -0.05) is 13.3 Å². The molecule has 0 saturated heterocycles. The van der Waals surface area contributed by atoms with Crippen LogP contribution in [0.3, 0.4) is 0 Å². The Morgan fingerprint density at radius 2 is 1.86 bits per heavy atom. The van der Waals surface area contributed by atoms with E-state index in [1.165, 1.54) is 43.5 Å². The van der Waals surface area contributed by atoms with Crippen LogP contribution >= 0.6 is 0 Å². The Bertz CT molecular complexity index is 966. The summed E-state index contributed by atoms with van der Waals surface area (Å²) in [4.78, 5) is 14.2. The third kappa shape index (κ3) is 5.45. The van der Waals surface area contributed by atoms with E-state index in [4.69, 9.17) is 14.7 Å². The van der Waals surface area contributed by atoms with Crippen molar-refractivity contribution in [2.45, 2.75) is 24.7 Å². The molecule has 0 heterocycles. The highest BCUT2D eigenvalue weighted by Crippen LogP contribution is 2.28. The van der Waals surface area contributed by atoms with Crippen LogP contribution in [0.25, 0.3) is 0 Å². The van der Waals surface area contributed by atoms with E-state index in [9.17, 15) is 13.2 Å². The fourth-order valence-electron chi connectivity index (χ4n) is 2.21. The van der Waals surface area contributed by atoms with Crippen LogP contribution in [0.2, 0.25) is 0 Å². The normalized spacial score (nSPS) is 10.8. The first kappa shape index (κ1) is 21.2. The van der Waals surface area contributed by atoms with Crippen molar-refractivity contribution in [3.05, 3.63) is 53.6 Å². The van der Waals surface area contributed by atoms with E-state index >= 15 is 0 Å². The molecule has 0 spiro atoms. The number of rotatable bonds is 9. The number of carbonyl (C=O) groups excluding carboxylic acids is 1. The summed E-state index contributed by atoms with van der Waals surface area (Å²) in [5.74, 6) is 0.222. The SMILES string of the molecule is CCCCOc1ccc(C(=O)NNS(=O)(=O)c2ccc(C#N)cc2)cc1OC. The van der Waals surface area contributed by atoms with Gasteiger partial charge in [-0.05, 0) is 48.9 Å². The van der Waals surface area contributed by atoms with Gasteiger partial charge in [-0.15, -0.1) is 4.83 Å². The van der Waals surface area contributed by atoms with Crippen LogP contribution in [-0.2, 0) is 10.0 Å². The summed E-state index contributed by atoms with van der Waals surface area (Å²) in [6, 6.07) is 11.8. The third-order valence-corrected chi connectivity index (χ3v) is 5.04. The van der Waals surface area contributed by atoms with Gasteiger partial charge in [-0.3, -0.25) is 10.2 Å². The van der Waals surface area contributed by atoms with Crippen LogP contribution < -0.4 is 19.7 Å². The van der Waals surface area contributed by atoms with E-state index < -0.39 is 15.9 Å². The van der Waals surface area contributed by atoms with Crippen LogP contribution in [0.5, 0.6) is 11.5 Å². The predicted molar refractivity (Wildman–Crippen MR) is 102 cm³/mol. The first-order valence-electron chi connectivity index (χ1n) is 8.54. The molecule has 8 nitrogen and oxygen atoms in total. The topological polar surface area (TPSA) is 118 Å². The van der Waals surface area contributed by atoms with Gasteiger partial charge in [-0.2, -0.15) is 5.26 Å². The lowest BCUT2D eigenvalue weighted by atomic mass is 10.2. The molecule has 0 bridgehead atoms. The standard InChI is InChI=1S/C19H21N3O5S/c1-3-4-11-27-17-10-7-15(12-18(17)26-2)19(23)21-22-28(24,25)16-8-5-14(13-20)6-9-16/h5-10,12,22H,3-4,11H2,1-2H3,(H,21,23). The number of methoxy groups -OCH3 is 1. The zero-order chi connectivity index (χ0) is 20.6. The highest BCUT2D eigenvalue weighted by atomic mass is 32.2. The Hall–Kier alpha value is -3.09. The van der Waals surface area contributed by atoms with Crippen molar-refractivity contribution in [2.24, 2.45) is 0 Å². The van der Waals surface area contributed by atoms with Gasteiger partial charge in [0.05, 0.1) is 30.2 Å². The van der Waals surface area contributed by atoms with Crippen molar-refractivity contribution in [2.75, 3.05) is 13.7 Å². The molecular formula is C19H21N3O5S. The van der Waals surface area contributed by atoms with E-state index in [1.807, 2.05) is 17.8 Å². The van der Waals surface area contributed by atoms with Gasteiger partial charge < -0.3 is 9.47 Å². The van der Waals surface area contributed by atoms with Crippen LogP contribution in [0, 0.1) is 11.3 Å². The lowest BCUT2D eigenvalue weighted by molar-refractivity contribution is 0.0944.